The van der Waals surface area contributed by atoms with Gasteiger partial charge in [0.05, 0.1) is 0 Å². The molecular formula is C10H14F2. The van der Waals surface area contributed by atoms with Crippen LogP contribution in [0.5, 0.6) is 0 Å². The van der Waals surface area contributed by atoms with E-state index in [1.807, 2.05) is 13.8 Å². The molecule has 12 heavy (non-hydrogen) atoms. The first-order valence-electron chi connectivity index (χ1n) is 4.04. The maximum atomic E-state index is 12.6. The minimum Gasteiger partial charge on any atom is -0.204 e. The summed E-state index contributed by atoms with van der Waals surface area (Å²) in [6.45, 7) is 7.31. The summed E-state index contributed by atoms with van der Waals surface area (Å²) in [5, 5.41) is 0. The molecule has 1 rings (SSSR count). The average molecular weight is 172 g/mol. The van der Waals surface area contributed by atoms with E-state index in [1.54, 1.807) is 19.9 Å². The van der Waals surface area contributed by atoms with Crippen molar-refractivity contribution in [2.45, 2.75) is 27.7 Å². The molecule has 0 saturated carbocycles. The molecule has 0 N–H and O–H groups in total. The molecule has 0 unspecified atom stereocenters. The zero-order chi connectivity index (χ0) is 9.72. The van der Waals surface area contributed by atoms with Gasteiger partial charge in [0.25, 0.3) is 0 Å². The molecule has 0 nitrogen and oxygen atoms in total. The van der Waals surface area contributed by atoms with Crippen molar-refractivity contribution < 1.29 is 8.78 Å². The van der Waals surface area contributed by atoms with Crippen molar-refractivity contribution in [3.05, 3.63) is 34.9 Å². The Balaban J connectivity index is 0.000000561. The van der Waals surface area contributed by atoms with Crippen molar-refractivity contribution in [1.82, 2.24) is 0 Å². The molecule has 0 saturated heterocycles. The molecule has 0 aliphatic rings. The van der Waals surface area contributed by atoms with E-state index in [0.717, 1.165) is 11.6 Å². The van der Waals surface area contributed by atoms with E-state index < -0.39 is 11.6 Å². The summed E-state index contributed by atoms with van der Waals surface area (Å²) < 4.78 is 25.0. The normalized spacial score (nSPS) is 8.83. The van der Waals surface area contributed by atoms with Gasteiger partial charge in [0, 0.05) is 0 Å². The number of rotatable bonds is 0. The fourth-order valence-electron chi connectivity index (χ4n) is 0.749. The van der Waals surface area contributed by atoms with Gasteiger partial charge in [0.2, 0.25) is 0 Å². The van der Waals surface area contributed by atoms with E-state index >= 15 is 0 Å². The van der Waals surface area contributed by atoms with Gasteiger partial charge in [-0.25, -0.2) is 8.78 Å². The minimum absolute atomic E-state index is 0.389. The Hall–Kier alpha value is -0.920. The van der Waals surface area contributed by atoms with Crippen molar-refractivity contribution >= 4 is 0 Å². The highest BCUT2D eigenvalue weighted by atomic mass is 19.2. The second kappa shape index (κ2) is 4.86. The van der Waals surface area contributed by atoms with Crippen LogP contribution in [0.15, 0.2) is 12.1 Å². The highest BCUT2D eigenvalue weighted by Crippen LogP contribution is 2.13. The lowest BCUT2D eigenvalue weighted by Gasteiger charge is -2.00. The molecule has 68 valence electrons. The lowest BCUT2D eigenvalue weighted by molar-refractivity contribution is 0.502. The molecular weight excluding hydrogens is 158 g/mol. The van der Waals surface area contributed by atoms with E-state index in [2.05, 4.69) is 0 Å². The van der Waals surface area contributed by atoms with Crippen molar-refractivity contribution in [1.29, 1.82) is 0 Å². The van der Waals surface area contributed by atoms with E-state index in [1.165, 1.54) is 0 Å². The molecule has 0 fully saturated rings. The van der Waals surface area contributed by atoms with Gasteiger partial charge in [-0.1, -0.05) is 19.9 Å². The Bertz CT molecular complexity index is 227. The van der Waals surface area contributed by atoms with Crippen molar-refractivity contribution in [2.24, 2.45) is 0 Å². The number of aryl methyl sites for hydroxylation is 1. The Morgan fingerprint density at radius 2 is 1.50 bits per heavy atom. The molecule has 2 heteroatoms. The summed E-state index contributed by atoms with van der Waals surface area (Å²) in [6.07, 6.45) is 0. The molecule has 0 bridgehead atoms. The van der Waals surface area contributed by atoms with Crippen LogP contribution in [0.3, 0.4) is 0 Å². The number of benzene rings is 1. The van der Waals surface area contributed by atoms with E-state index in [-0.39, 0.29) is 0 Å². The third-order valence-electron chi connectivity index (χ3n) is 1.61. The van der Waals surface area contributed by atoms with Gasteiger partial charge in [-0.05, 0) is 31.0 Å². The molecule has 1 aromatic rings. The standard InChI is InChI=1S/C8H8F2.C2H6/c1-5-3-4-7(9)8(10)6(5)2;1-2/h3-4H,1-2H3;1-2H3. The van der Waals surface area contributed by atoms with Crippen LogP contribution >= 0.6 is 0 Å². The fourth-order valence-corrected chi connectivity index (χ4v) is 0.749. The summed E-state index contributed by atoms with van der Waals surface area (Å²) in [6, 6.07) is 2.70. The Labute approximate surface area is 72.2 Å². The summed E-state index contributed by atoms with van der Waals surface area (Å²) in [5.41, 5.74) is 1.17. The quantitative estimate of drug-likeness (QED) is 0.560. The highest BCUT2D eigenvalue weighted by Gasteiger charge is 2.05. The molecule has 1 aromatic carbocycles. The van der Waals surface area contributed by atoms with Crippen LogP contribution < -0.4 is 0 Å². The monoisotopic (exact) mass is 172 g/mol. The largest absolute Gasteiger partial charge is 0.204 e. The SMILES string of the molecule is CC.Cc1ccc(F)c(F)c1C. The van der Waals surface area contributed by atoms with Crippen LogP contribution in [-0.4, -0.2) is 0 Å². The van der Waals surface area contributed by atoms with Crippen molar-refractivity contribution in [3.63, 3.8) is 0 Å². The second-order valence-electron chi connectivity index (χ2n) is 2.30. The predicted octanol–water partition coefficient (Wildman–Crippen LogP) is 3.61. The molecule has 0 heterocycles. The summed E-state index contributed by atoms with van der Waals surface area (Å²) in [4.78, 5) is 0. The lowest BCUT2D eigenvalue weighted by Crippen LogP contribution is -1.90. The third-order valence-corrected chi connectivity index (χ3v) is 1.61. The van der Waals surface area contributed by atoms with Gasteiger partial charge in [0.15, 0.2) is 11.6 Å². The zero-order valence-corrected chi connectivity index (χ0v) is 7.91. The van der Waals surface area contributed by atoms with Crippen molar-refractivity contribution in [3.8, 4) is 0 Å². The zero-order valence-electron chi connectivity index (χ0n) is 7.91. The summed E-state index contributed by atoms with van der Waals surface area (Å²) >= 11 is 0. The van der Waals surface area contributed by atoms with Crippen LogP contribution in [0.2, 0.25) is 0 Å². The van der Waals surface area contributed by atoms with Gasteiger partial charge in [-0.2, -0.15) is 0 Å². The van der Waals surface area contributed by atoms with Crippen LogP contribution in [0.25, 0.3) is 0 Å². The minimum atomic E-state index is -0.775. The Kier molecular flexibility index (Phi) is 4.49. The maximum absolute atomic E-state index is 12.6. The molecule has 0 atom stereocenters. The first-order valence-corrected chi connectivity index (χ1v) is 4.04. The van der Waals surface area contributed by atoms with Gasteiger partial charge in [-0.15, -0.1) is 0 Å². The van der Waals surface area contributed by atoms with Crippen LogP contribution in [0, 0.1) is 25.5 Å². The third kappa shape index (κ3) is 2.29. The number of hydrogen-bond donors (Lipinski definition) is 0. The Morgan fingerprint density at radius 1 is 1.00 bits per heavy atom. The van der Waals surface area contributed by atoms with E-state index in [9.17, 15) is 8.78 Å². The van der Waals surface area contributed by atoms with Gasteiger partial charge < -0.3 is 0 Å². The summed E-state index contributed by atoms with van der Waals surface area (Å²) in [5.74, 6) is -1.51. The average Bonchev–Trinajstić information content (AvgIpc) is 2.12. The van der Waals surface area contributed by atoms with Crippen LogP contribution in [0.1, 0.15) is 25.0 Å². The van der Waals surface area contributed by atoms with Gasteiger partial charge in [-0.3, -0.25) is 0 Å². The molecule has 0 radical (unpaired) electrons. The molecule has 0 aliphatic carbocycles. The van der Waals surface area contributed by atoms with Crippen LogP contribution in [-0.2, 0) is 0 Å². The highest BCUT2D eigenvalue weighted by molar-refractivity contribution is 5.26. The molecule has 0 aromatic heterocycles. The molecule has 0 spiro atoms. The van der Waals surface area contributed by atoms with Crippen LogP contribution in [0.4, 0.5) is 8.78 Å². The lowest BCUT2D eigenvalue weighted by atomic mass is 10.1. The van der Waals surface area contributed by atoms with Gasteiger partial charge >= 0.3 is 0 Å². The summed E-state index contributed by atoms with van der Waals surface area (Å²) in [7, 11) is 0. The smallest absolute Gasteiger partial charge is 0.161 e. The number of halogens is 2. The topological polar surface area (TPSA) is 0 Å². The first kappa shape index (κ1) is 11.1. The predicted molar refractivity (Wildman–Crippen MR) is 47.2 cm³/mol. The molecule has 0 aliphatic heterocycles. The number of hydrogen-bond acceptors (Lipinski definition) is 0. The maximum Gasteiger partial charge on any atom is 0.161 e. The van der Waals surface area contributed by atoms with E-state index in [4.69, 9.17) is 0 Å². The fraction of sp³-hybridized carbons (Fsp3) is 0.400. The molecule has 0 amide bonds. The van der Waals surface area contributed by atoms with Crippen molar-refractivity contribution in [2.75, 3.05) is 0 Å². The second-order valence-corrected chi connectivity index (χ2v) is 2.30. The Morgan fingerprint density at radius 3 is 1.92 bits per heavy atom. The van der Waals surface area contributed by atoms with E-state index in [0.29, 0.717) is 5.56 Å². The van der Waals surface area contributed by atoms with Gasteiger partial charge in [0.1, 0.15) is 0 Å². The first-order chi connectivity index (χ1) is 5.63.